The van der Waals surface area contributed by atoms with Crippen molar-refractivity contribution >= 4 is 5.91 Å². The minimum atomic E-state index is 0.125. The molecule has 0 aromatic rings. The van der Waals surface area contributed by atoms with Gasteiger partial charge in [-0.05, 0) is 32.2 Å². The van der Waals surface area contributed by atoms with Crippen molar-refractivity contribution in [2.75, 3.05) is 19.6 Å². The lowest BCUT2D eigenvalue weighted by Gasteiger charge is -2.23. The number of carbonyl (C=O) groups is 1. The number of rotatable bonds is 10. The molecule has 0 aromatic heterocycles. The van der Waals surface area contributed by atoms with Gasteiger partial charge in [0.1, 0.15) is 0 Å². The molecule has 3 nitrogen and oxygen atoms in total. The average molecular weight is 240 g/mol. The second-order valence-corrected chi connectivity index (χ2v) is 4.50. The summed E-state index contributed by atoms with van der Waals surface area (Å²) < 4.78 is 0. The first-order valence-electron chi connectivity index (χ1n) is 6.84. The predicted octanol–water partition coefficient (Wildman–Crippen LogP) is 2.71. The SMILES string of the molecule is C=C(CCCN)C(=O)N(CCCC)CCCC. The standard InChI is InChI=1S/C14H28N2O/c1-4-6-11-16(12-7-5-2)14(17)13(3)9-8-10-15/h3-12,15H2,1-2H3. The van der Waals surface area contributed by atoms with E-state index in [4.69, 9.17) is 5.73 Å². The molecule has 0 heterocycles. The van der Waals surface area contributed by atoms with Gasteiger partial charge in [-0.3, -0.25) is 4.79 Å². The molecule has 0 atom stereocenters. The fourth-order valence-electron chi connectivity index (χ4n) is 1.66. The number of hydrogen-bond donors (Lipinski definition) is 1. The second kappa shape index (κ2) is 10.3. The molecule has 0 bridgehead atoms. The number of nitrogens with two attached hydrogens (primary N) is 1. The molecule has 0 aliphatic carbocycles. The lowest BCUT2D eigenvalue weighted by molar-refractivity contribution is -0.127. The van der Waals surface area contributed by atoms with Gasteiger partial charge < -0.3 is 10.6 Å². The number of carbonyl (C=O) groups excluding carboxylic acids is 1. The van der Waals surface area contributed by atoms with Gasteiger partial charge in [0.2, 0.25) is 5.91 Å². The van der Waals surface area contributed by atoms with Gasteiger partial charge in [-0.1, -0.05) is 33.3 Å². The van der Waals surface area contributed by atoms with E-state index in [1.807, 2.05) is 4.90 Å². The van der Waals surface area contributed by atoms with Crippen LogP contribution in [0.3, 0.4) is 0 Å². The lowest BCUT2D eigenvalue weighted by atomic mass is 10.1. The number of nitrogens with zero attached hydrogens (tertiary/aromatic N) is 1. The molecule has 0 fully saturated rings. The van der Waals surface area contributed by atoms with E-state index in [1.54, 1.807) is 0 Å². The van der Waals surface area contributed by atoms with Crippen LogP contribution in [0.2, 0.25) is 0 Å². The molecular formula is C14H28N2O. The quantitative estimate of drug-likeness (QED) is 0.597. The molecular weight excluding hydrogens is 212 g/mol. The highest BCUT2D eigenvalue weighted by atomic mass is 16.2. The molecule has 0 rings (SSSR count). The van der Waals surface area contributed by atoms with Gasteiger partial charge in [-0.25, -0.2) is 0 Å². The van der Waals surface area contributed by atoms with Crippen LogP contribution in [0.15, 0.2) is 12.2 Å². The first kappa shape index (κ1) is 16.2. The highest BCUT2D eigenvalue weighted by Crippen LogP contribution is 2.09. The third-order valence-electron chi connectivity index (χ3n) is 2.84. The molecule has 0 aliphatic rings. The zero-order valence-corrected chi connectivity index (χ0v) is 11.5. The molecule has 0 spiro atoms. The van der Waals surface area contributed by atoms with Crippen LogP contribution in [0.25, 0.3) is 0 Å². The molecule has 0 saturated heterocycles. The minimum absolute atomic E-state index is 0.125. The van der Waals surface area contributed by atoms with E-state index in [-0.39, 0.29) is 5.91 Å². The van der Waals surface area contributed by atoms with E-state index in [1.165, 1.54) is 0 Å². The Labute approximate surface area is 106 Å². The van der Waals surface area contributed by atoms with Gasteiger partial charge in [0.15, 0.2) is 0 Å². The van der Waals surface area contributed by atoms with E-state index in [9.17, 15) is 4.79 Å². The van der Waals surface area contributed by atoms with Crippen LogP contribution in [0.5, 0.6) is 0 Å². The zero-order valence-electron chi connectivity index (χ0n) is 11.5. The topological polar surface area (TPSA) is 46.3 Å². The van der Waals surface area contributed by atoms with Gasteiger partial charge in [-0.15, -0.1) is 0 Å². The predicted molar refractivity (Wildman–Crippen MR) is 73.8 cm³/mol. The number of hydrogen-bond acceptors (Lipinski definition) is 2. The van der Waals surface area contributed by atoms with Crippen LogP contribution in [0.1, 0.15) is 52.4 Å². The highest BCUT2D eigenvalue weighted by Gasteiger charge is 2.15. The zero-order chi connectivity index (χ0) is 13.1. The minimum Gasteiger partial charge on any atom is -0.339 e. The third-order valence-corrected chi connectivity index (χ3v) is 2.84. The fraction of sp³-hybridized carbons (Fsp3) is 0.786. The van der Waals surface area contributed by atoms with Crippen molar-refractivity contribution in [3.8, 4) is 0 Å². The van der Waals surface area contributed by atoms with Crippen molar-refractivity contribution in [2.45, 2.75) is 52.4 Å². The van der Waals surface area contributed by atoms with Crippen molar-refractivity contribution < 1.29 is 4.79 Å². The van der Waals surface area contributed by atoms with Crippen LogP contribution < -0.4 is 5.73 Å². The van der Waals surface area contributed by atoms with Gasteiger partial charge in [0, 0.05) is 18.7 Å². The molecule has 17 heavy (non-hydrogen) atoms. The lowest BCUT2D eigenvalue weighted by Crippen LogP contribution is -2.33. The summed E-state index contributed by atoms with van der Waals surface area (Å²) in [4.78, 5) is 14.1. The van der Waals surface area contributed by atoms with Crippen LogP contribution >= 0.6 is 0 Å². The Bertz CT molecular complexity index is 218. The van der Waals surface area contributed by atoms with E-state index in [0.717, 1.165) is 51.6 Å². The first-order chi connectivity index (χ1) is 8.17. The summed E-state index contributed by atoms with van der Waals surface area (Å²) in [6.07, 6.45) is 5.94. The number of amides is 1. The summed E-state index contributed by atoms with van der Waals surface area (Å²) >= 11 is 0. The van der Waals surface area contributed by atoms with E-state index >= 15 is 0 Å². The molecule has 0 radical (unpaired) electrons. The van der Waals surface area contributed by atoms with Crippen molar-refractivity contribution in [3.63, 3.8) is 0 Å². The van der Waals surface area contributed by atoms with E-state index in [2.05, 4.69) is 20.4 Å². The second-order valence-electron chi connectivity index (χ2n) is 4.50. The summed E-state index contributed by atoms with van der Waals surface area (Å²) in [6.45, 7) is 10.5. The fourth-order valence-corrected chi connectivity index (χ4v) is 1.66. The molecule has 2 N–H and O–H groups in total. The Hall–Kier alpha value is -0.830. The van der Waals surface area contributed by atoms with Gasteiger partial charge in [0.25, 0.3) is 0 Å². The summed E-state index contributed by atoms with van der Waals surface area (Å²) in [6, 6.07) is 0. The van der Waals surface area contributed by atoms with Gasteiger partial charge in [-0.2, -0.15) is 0 Å². The molecule has 1 amide bonds. The van der Waals surface area contributed by atoms with E-state index < -0.39 is 0 Å². The highest BCUT2D eigenvalue weighted by molar-refractivity contribution is 5.92. The molecule has 0 saturated carbocycles. The van der Waals surface area contributed by atoms with Crippen LogP contribution in [0, 0.1) is 0 Å². The molecule has 3 heteroatoms. The van der Waals surface area contributed by atoms with Crippen molar-refractivity contribution in [1.82, 2.24) is 4.90 Å². The average Bonchev–Trinajstić information content (AvgIpc) is 2.35. The van der Waals surface area contributed by atoms with Crippen LogP contribution in [0.4, 0.5) is 0 Å². The third kappa shape index (κ3) is 7.16. The molecule has 0 unspecified atom stereocenters. The monoisotopic (exact) mass is 240 g/mol. The maximum Gasteiger partial charge on any atom is 0.249 e. The van der Waals surface area contributed by atoms with Gasteiger partial charge >= 0.3 is 0 Å². The van der Waals surface area contributed by atoms with E-state index in [0.29, 0.717) is 12.1 Å². The maximum atomic E-state index is 12.1. The smallest absolute Gasteiger partial charge is 0.249 e. The van der Waals surface area contributed by atoms with Gasteiger partial charge in [0.05, 0.1) is 0 Å². The molecule has 0 aromatic carbocycles. The number of unbranched alkanes of at least 4 members (excludes halogenated alkanes) is 2. The largest absolute Gasteiger partial charge is 0.339 e. The molecule has 0 aliphatic heterocycles. The summed E-state index contributed by atoms with van der Waals surface area (Å²) in [7, 11) is 0. The Kier molecular flexibility index (Phi) is 9.83. The Morgan fingerprint density at radius 1 is 1.12 bits per heavy atom. The normalized spacial score (nSPS) is 10.3. The van der Waals surface area contributed by atoms with Crippen molar-refractivity contribution in [1.29, 1.82) is 0 Å². The summed E-state index contributed by atoms with van der Waals surface area (Å²) in [5.41, 5.74) is 6.16. The van der Waals surface area contributed by atoms with Crippen LogP contribution in [-0.4, -0.2) is 30.4 Å². The van der Waals surface area contributed by atoms with Crippen molar-refractivity contribution in [3.05, 3.63) is 12.2 Å². The Morgan fingerprint density at radius 3 is 2.06 bits per heavy atom. The Morgan fingerprint density at radius 2 is 1.65 bits per heavy atom. The molecule has 100 valence electrons. The van der Waals surface area contributed by atoms with Crippen LogP contribution in [-0.2, 0) is 4.79 Å². The maximum absolute atomic E-state index is 12.1. The first-order valence-corrected chi connectivity index (χ1v) is 6.84. The summed E-state index contributed by atoms with van der Waals surface area (Å²) in [5, 5.41) is 0. The summed E-state index contributed by atoms with van der Waals surface area (Å²) in [5.74, 6) is 0.125. The van der Waals surface area contributed by atoms with Crippen molar-refractivity contribution in [2.24, 2.45) is 5.73 Å². The Balaban J connectivity index is 4.23.